The van der Waals surface area contributed by atoms with Gasteiger partial charge in [-0.05, 0) is 98.7 Å². The van der Waals surface area contributed by atoms with E-state index in [1.54, 1.807) is 0 Å². The van der Waals surface area contributed by atoms with E-state index >= 15 is 0 Å². The molecule has 0 spiro atoms. The second-order valence-electron chi connectivity index (χ2n) is 10.1. The van der Waals surface area contributed by atoms with E-state index in [2.05, 4.69) is 20.4 Å². The van der Waals surface area contributed by atoms with E-state index in [0.29, 0.717) is 11.3 Å². The monoisotopic (exact) mass is 332 g/mol. The molecular formula is C22H36O2. The van der Waals surface area contributed by atoms with Crippen LogP contribution in [-0.4, -0.2) is 21.9 Å². The summed E-state index contributed by atoms with van der Waals surface area (Å²) in [4.78, 5) is 0. The maximum atomic E-state index is 11.4. The number of hydrogen-bond acceptors (Lipinski definition) is 2. The maximum absolute atomic E-state index is 11.4. The van der Waals surface area contributed by atoms with E-state index in [-0.39, 0.29) is 11.5 Å². The van der Waals surface area contributed by atoms with E-state index in [4.69, 9.17) is 0 Å². The first-order valence-corrected chi connectivity index (χ1v) is 10.4. The van der Waals surface area contributed by atoms with E-state index in [9.17, 15) is 10.2 Å². The molecule has 0 aromatic rings. The molecule has 24 heavy (non-hydrogen) atoms. The molecule has 0 aliphatic heterocycles. The summed E-state index contributed by atoms with van der Waals surface area (Å²) in [5, 5.41) is 21.5. The predicted octanol–water partition coefficient (Wildman–Crippen LogP) is 4.70. The Hall–Kier alpha value is -0.340. The lowest BCUT2D eigenvalue weighted by molar-refractivity contribution is -0.157. The zero-order valence-electron chi connectivity index (χ0n) is 15.6. The molecule has 0 aromatic heterocycles. The Labute approximate surface area is 147 Å². The van der Waals surface area contributed by atoms with Gasteiger partial charge in [-0.1, -0.05) is 19.9 Å². The van der Waals surface area contributed by atoms with Crippen LogP contribution in [0.25, 0.3) is 0 Å². The molecule has 4 rings (SSSR count). The van der Waals surface area contributed by atoms with Gasteiger partial charge in [0.2, 0.25) is 0 Å². The minimum Gasteiger partial charge on any atom is -0.393 e. The van der Waals surface area contributed by atoms with Crippen LogP contribution in [0.5, 0.6) is 0 Å². The highest BCUT2D eigenvalue weighted by Gasteiger charge is 2.64. The predicted molar refractivity (Wildman–Crippen MR) is 97.5 cm³/mol. The van der Waals surface area contributed by atoms with E-state index < -0.39 is 5.60 Å². The number of rotatable bonds is 2. The Morgan fingerprint density at radius 2 is 1.75 bits per heavy atom. The van der Waals surface area contributed by atoms with Crippen LogP contribution in [0.3, 0.4) is 0 Å². The Balaban J connectivity index is 1.62. The summed E-state index contributed by atoms with van der Waals surface area (Å²) in [6.45, 7) is 8.82. The van der Waals surface area contributed by atoms with Crippen LogP contribution in [0.2, 0.25) is 0 Å². The van der Waals surface area contributed by atoms with Gasteiger partial charge >= 0.3 is 0 Å². The number of aliphatic hydroxyl groups excluding tert-OH is 1. The van der Waals surface area contributed by atoms with Crippen molar-refractivity contribution in [3.8, 4) is 0 Å². The van der Waals surface area contributed by atoms with Crippen molar-refractivity contribution < 1.29 is 10.2 Å². The smallest absolute Gasteiger partial charge is 0.0738 e. The highest BCUT2D eigenvalue weighted by molar-refractivity contribution is 5.15. The first-order chi connectivity index (χ1) is 11.3. The fraction of sp³-hybridized carbons (Fsp3) is 0.909. The average Bonchev–Trinajstić information content (AvgIpc) is 2.80. The molecule has 2 nitrogen and oxygen atoms in total. The van der Waals surface area contributed by atoms with Crippen LogP contribution in [0, 0.1) is 34.5 Å². The minimum absolute atomic E-state index is 0.0577. The first-order valence-electron chi connectivity index (χ1n) is 10.4. The third kappa shape index (κ3) is 2.14. The zero-order valence-corrected chi connectivity index (χ0v) is 15.6. The summed E-state index contributed by atoms with van der Waals surface area (Å²) < 4.78 is 0. The number of fused-ring (bicyclic) bond motifs is 5. The number of hydrogen-bond donors (Lipinski definition) is 2. The lowest BCUT2D eigenvalue weighted by Gasteiger charge is -2.61. The molecule has 0 heterocycles. The van der Waals surface area contributed by atoms with Crippen molar-refractivity contribution in [1.82, 2.24) is 0 Å². The van der Waals surface area contributed by atoms with Crippen LogP contribution in [0.1, 0.15) is 78.1 Å². The summed E-state index contributed by atoms with van der Waals surface area (Å²) in [6.07, 6.45) is 13.1. The molecule has 4 fully saturated rings. The fourth-order valence-electron chi connectivity index (χ4n) is 7.92. The van der Waals surface area contributed by atoms with Gasteiger partial charge in [0.15, 0.2) is 0 Å². The topological polar surface area (TPSA) is 40.5 Å². The fourth-order valence-corrected chi connectivity index (χ4v) is 7.92. The van der Waals surface area contributed by atoms with Crippen molar-refractivity contribution in [3.63, 3.8) is 0 Å². The minimum atomic E-state index is -0.523. The summed E-state index contributed by atoms with van der Waals surface area (Å²) in [5.41, 5.74) is -0.00669. The second-order valence-corrected chi connectivity index (χ2v) is 10.1. The van der Waals surface area contributed by atoms with E-state index in [1.165, 1.54) is 38.5 Å². The Morgan fingerprint density at radius 1 is 1.00 bits per heavy atom. The third-order valence-corrected chi connectivity index (χ3v) is 9.44. The molecule has 4 aliphatic carbocycles. The first kappa shape index (κ1) is 17.1. The summed E-state index contributed by atoms with van der Waals surface area (Å²) >= 11 is 0. The Bertz CT molecular complexity index is 516. The lowest BCUT2D eigenvalue weighted by atomic mass is 9.44. The maximum Gasteiger partial charge on any atom is 0.0738 e. The normalized spacial score (nSPS) is 56.9. The number of aliphatic hydroxyl groups is 2. The van der Waals surface area contributed by atoms with Gasteiger partial charge in [-0.3, -0.25) is 0 Å². The van der Waals surface area contributed by atoms with Crippen molar-refractivity contribution in [2.75, 3.05) is 0 Å². The highest BCUT2D eigenvalue weighted by atomic mass is 16.3. The van der Waals surface area contributed by atoms with Gasteiger partial charge in [0, 0.05) is 0 Å². The summed E-state index contributed by atoms with van der Waals surface area (Å²) in [7, 11) is 0. The summed E-state index contributed by atoms with van der Waals surface area (Å²) in [6, 6.07) is 0. The lowest BCUT2D eigenvalue weighted by Crippen LogP contribution is -2.56. The molecule has 2 heteroatoms. The quantitative estimate of drug-likeness (QED) is 0.720. The van der Waals surface area contributed by atoms with Gasteiger partial charge in [0.1, 0.15) is 0 Å². The van der Waals surface area contributed by atoms with Gasteiger partial charge in [-0.25, -0.2) is 0 Å². The Kier molecular flexibility index (Phi) is 3.97. The van der Waals surface area contributed by atoms with Gasteiger partial charge < -0.3 is 10.2 Å². The van der Waals surface area contributed by atoms with Crippen molar-refractivity contribution in [1.29, 1.82) is 0 Å². The van der Waals surface area contributed by atoms with Crippen LogP contribution in [0.4, 0.5) is 0 Å². The SMILES string of the molecule is C=CC[C@]1(O)CC[C@@H]2[C@H]3CC[C@H]4C[C@@H](O)CC[C@]4(C)[C@@H]3CC[C@]21C. The molecule has 0 aromatic carbocycles. The Morgan fingerprint density at radius 3 is 2.50 bits per heavy atom. The van der Waals surface area contributed by atoms with Gasteiger partial charge in [-0.2, -0.15) is 0 Å². The van der Waals surface area contributed by atoms with Gasteiger partial charge in [0.25, 0.3) is 0 Å². The third-order valence-electron chi connectivity index (χ3n) is 9.44. The molecule has 0 radical (unpaired) electrons. The van der Waals surface area contributed by atoms with Crippen LogP contribution < -0.4 is 0 Å². The molecule has 0 bridgehead atoms. The van der Waals surface area contributed by atoms with Crippen LogP contribution in [0.15, 0.2) is 12.7 Å². The second kappa shape index (κ2) is 5.58. The average molecular weight is 333 g/mol. The standard InChI is InChI=1S/C22H36O2/c1-4-10-22(24)13-9-19-17-6-5-15-14-16(23)7-11-20(15,2)18(17)8-12-21(19,22)3/h4,15-19,23-24H,1,5-14H2,2-3H3/t15-,16-,17-,18+,19+,20-,21+,22-/m0/s1. The van der Waals surface area contributed by atoms with Crippen molar-refractivity contribution in [2.24, 2.45) is 34.5 Å². The van der Waals surface area contributed by atoms with Crippen molar-refractivity contribution >= 4 is 0 Å². The molecule has 2 N–H and O–H groups in total. The van der Waals surface area contributed by atoms with Crippen LogP contribution >= 0.6 is 0 Å². The molecule has 4 saturated carbocycles. The van der Waals surface area contributed by atoms with Gasteiger partial charge in [0.05, 0.1) is 11.7 Å². The summed E-state index contributed by atoms with van der Waals surface area (Å²) in [5.74, 6) is 3.01. The van der Waals surface area contributed by atoms with E-state index in [0.717, 1.165) is 43.4 Å². The molecule has 4 aliphatic rings. The molecule has 0 amide bonds. The molecule has 0 unspecified atom stereocenters. The molecule has 0 saturated heterocycles. The van der Waals surface area contributed by atoms with E-state index in [1.807, 2.05) is 6.08 Å². The molecule has 8 atom stereocenters. The zero-order chi connectivity index (χ0) is 17.2. The van der Waals surface area contributed by atoms with Crippen molar-refractivity contribution in [3.05, 3.63) is 12.7 Å². The molecular weight excluding hydrogens is 296 g/mol. The largest absolute Gasteiger partial charge is 0.393 e. The molecule has 136 valence electrons. The van der Waals surface area contributed by atoms with Crippen LogP contribution in [-0.2, 0) is 0 Å². The highest BCUT2D eigenvalue weighted by Crippen LogP contribution is 2.68. The van der Waals surface area contributed by atoms with Gasteiger partial charge in [-0.15, -0.1) is 6.58 Å². The van der Waals surface area contributed by atoms with Crippen molar-refractivity contribution in [2.45, 2.75) is 89.8 Å².